The third-order valence-electron chi connectivity index (χ3n) is 5.52. The molecule has 4 aromatic heterocycles. The summed E-state index contributed by atoms with van der Waals surface area (Å²) in [5, 5.41) is 4.30. The van der Waals surface area contributed by atoms with Crippen LogP contribution in [0.2, 0.25) is 0 Å². The largest absolute Gasteiger partial charge is 0.314 e. The molecule has 0 aliphatic rings. The number of pyridine rings is 4. The van der Waals surface area contributed by atoms with E-state index in [1.54, 1.807) is 0 Å². The summed E-state index contributed by atoms with van der Waals surface area (Å²) in [5.74, 6) is 1.64. The van der Waals surface area contributed by atoms with Gasteiger partial charge < -0.3 is 4.90 Å². The summed E-state index contributed by atoms with van der Waals surface area (Å²) in [6, 6.07) is 24.5. The first-order valence-corrected chi connectivity index (χ1v) is 9.81. The lowest BCUT2D eigenvalue weighted by Gasteiger charge is -2.18. The number of rotatable bonds is 2. The van der Waals surface area contributed by atoms with Gasteiger partial charge in [0.2, 0.25) is 0 Å². The third-order valence-corrected chi connectivity index (χ3v) is 5.52. The molecule has 4 heterocycles. The number of aromatic nitrogens is 4. The van der Waals surface area contributed by atoms with Crippen LogP contribution < -0.4 is 4.90 Å². The van der Waals surface area contributed by atoms with E-state index in [1.165, 1.54) is 0 Å². The Hall–Kier alpha value is -4.12. The molecule has 0 aliphatic heterocycles. The van der Waals surface area contributed by atoms with Crippen molar-refractivity contribution < 1.29 is 0 Å². The minimum absolute atomic E-state index is 0.820. The van der Waals surface area contributed by atoms with Gasteiger partial charge in [-0.3, -0.25) is 9.97 Å². The molecule has 0 atom stereocenters. The van der Waals surface area contributed by atoms with E-state index in [0.29, 0.717) is 0 Å². The van der Waals surface area contributed by atoms with Crippen LogP contribution in [0.4, 0.5) is 11.6 Å². The van der Waals surface area contributed by atoms with Crippen LogP contribution in [-0.2, 0) is 0 Å². The lowest BCUT2D eigenvalue weighted by Crippen LogP contribution is -2.12. The van der Waals surface area contributed by atoms with E-state index >= 15 is 0 Å². The second-order valence-corrected chi connectivity index (χ2v) is 7.32. The molecule has 30 heavy (non-hydrogen) atoms. The van der Waals surface area contributed by atoms with Gasteiger partial charge in [0, 0.05) is 41.0 Å². The highest BCUT2D eigenvalue weighted by atomic mass is 15.2. The summed E-state index contributed by atoms with van der Waals surface area (Å²) in [6.45, 7) is 0. The molecule has 6 rings (SSSR count). The van der Waals surface area contributed by atoms with Gasteiger partial charge in [-0.25, -0.2) is 9.97 Å². The molecule has 0 radical (unpaired) electrons. The van der Waals surface area contributed by atoms with Crippen molar-refractivity contribution in [2.45, 2.75) is 0 Å². The van der Waals surface area contributed by atoms with E-state index in [4.69, 9.17) is 9.97 Å². The summed E-state index contributed by atoms with van der Waals surface area (Å²) in [5.41, 5.74) is 3.61. The van der Waals surface area contributed by atoms with Gasteiger partial charge in [0.15, 0.2) is 0 Å². The SMILES string of the molecule is CN(c1ccc2ccc3cccnc3c2n1)c1ccc2ccc3cccnc3c2n1. The first kappa shape index (κ1) is 16.8. The van der Waals surface area contributed by atoms with E-state index in [0.717, 1.165) is 55.2 Å². The zero-order valence-electron chi connectivity index (χ0n) is 16.3. The molecule has 142 valence electrons. The van der Waals surface area contributed by atoms with Crippen molar-refractivity contribution in [1.29, 1.82) is 0 Å². The van der Waals surface area contributed by atoms with Crippen LogP contribution in [0.1, 0.15) is 0 Å². The Kier molecular flexibility index (Phi) is 3.62. The number of hydrogen-bond acceptors (Lipinski definition) is 5. The molecule has 6 aromatic rings. The lowest BCUT2D eigenvalue weighted by molar-refractivity contribution is 1.10. The molecular formula is C25H17N5. The Labute approximate surface area is 172 Å². The number of anilines is 2. The van der Waals surface area contributed by atoms with Crippen molar-refractivity contribution in [3.05, 3.63) is 85.2 Å². The van der Waals surface area contributed by atoms with Gasteiger partial charge in [-0.05, 0) is 36.4 Å². The molecular weight excluding hydrogens is 370 g/mol. The highest BCUT2D eigenvalue weighted by molar-refractivity contribution is 6.04. The number of hydrogen-bond donors (Lipinski definition) is 0. The van der Waals surface area contributed by atoms with Crippen LogP contribution in [-0.4, -0.2) is 27.0 Å². The molecule has 2 aromatic carbocycles. The molecule has 0 unspecified atom stereocenters. The zero-order chi connectivity index (χ0) is 20.1. The van der Waals surface area contributed by atoms with Crippen LogP contribution in [0.3, 0.4) is 0 Å². The highest BCUT2D eigenvalue weighted by Crippen LogP contribution is 2.29. The Morgan fingerprint density at radius 1 is 0.500 bits per heavy atom. The Bertz CT molecular complexity index is 1460. The minimum atomic E-state index is 0.820. The van der Waals surface area contributed by atoms with Crippen molar-refractivity contribution in [2.75, 3.05) is 11.9 Å². The van der Waals surface area contributed by atoms with Crippen molar-refractivity contribution in [3.8, 4) is 0 Å². The van der Waals surface area contributed by atoms with Gasteiger partial charge in [0.1, 0.15) is 11.6 Å². The summed E-state index contributed by atoms with van der Waals surface area (Å²) in [7, 11) is 1.99. The average molecular weight is 387 g/mol. The highest BCUT2D eigenvalue weighted by Gasteiger charge is 2.12. The lowest BCUT2D eigenvalue weighted by atomic mass is 10.1. The van der Waals surface area contributed by atoms with Crippen LogP contribution in [0.15, 0.2) is 85.2 Å². The van der Waals surface area contributed by atoms with E-state index in [9.17, 15) is 0 Å². The number of fused-ring (bicyclic) bond motifs is 6. The second kappa shape index (κ2) is 6.46. The van der Waals surface area contributed by atoms with E-state index in [2.05, 4.69) is 58.5 Å². The van der Waals surface area contributed by atoms with Gasteiger partial charge in [-0.2, -0.15) is 0 Å². The fourth-order valence-electron chi connectivity index (χ4n) is 3.92. The van der Waals surface area contributed by atoms with Crippen LogP contribution in [0.5, 0.6) is 0 Å². The average Bonchev–Trinajstić information content (AvgIpc) is 2.82. The maximum absolute atomic E-state index is 4.93. The van der Waals surface area contributed by atoms with Crippen LogP contribution in [0, 0.1) is 0 Å². The predicted octanol–water partition coefficient (Wildman–Crippen LogP) is 5.65. The first-order chi connectivity index (χ1) is 14.8. The van der Waals surface area contributed by atoms with Crippen molar-refractivity contribution in [3.63, 3.8) is 0 Å². The summed E-state index contributed by atoms with van der Waals surface area (Å²) >= 11 is 0. The zero-order valence-corrected chi connectivity index (χ0v) is 16.3. The van der Waals surface area contributed by atoms with Crippen molar-refractivity contribution in [1.82, 2.24) is 19.9 Å². The van der Waals surface area contributed by atoms with Gasteiger partial charge >= 0.3 is 0 Å². The monoisotopic (exact) mass is 387 g/mol. The molecule has 0 spiro atoms. The van der Waals surface area contributed by atoms with E-state index in [1.807, 2.05) is 48.6 Å². The molecule has 5 nitrogen and oxygen atoms in total. The summed E-state index contributed by atoms with van der Waals surface area (Å²) in [4.78, 5) is 21.0. The van der Waals surface area contributed by atoms with Crippen LogP contribution >= 0.6 is 0 Å². The van der Waals surface area contributed by atoms with Gasteiger partial charge in [-0.1, -0.05) is 36.4 Å². The molecule has 0 fully saturated rings. The second-order valence-electron chi connectivity index (χ2n) is 7.32. The third kappa shape index (κ3) is 2.56. The fraction of sp³-hybridized carbons (Fsp3) is 0.0400. The van der Waals surface area contributed by atoms with Gasteiger partial charge in [0.25, 0.3) is 0 Å². The predicted molar refractivity (Wildman–Crippen MR) is 122 cm³/mol. The smallest absolute Gasteiger partial charge is 0.134 e. The van der Waals surface area contributed by atoms with E-state index < -0.39 is 0 Å². The summed E-state index contributed by atoms with van der Waals surface area (Å²) < 4.78 is 0. The maximum atomic E-state index is 4.93. The van der Waals surface area contributed by atoms with Crippen molar-refractivity contribution in [2.24, 2.45) is 0 Å². The molecule has 0 N–H and O–H groups in total. The van der Waals surface area contributed by atoms with Gasteiger partial charge in [0.05, 0.1) is 22.1 Å². The van der Waals surface area contributed by atoms with E-state index in [-0.39, 0.29) is 0 Å². The van der Waals surface area contributed by atoms with Gasteiger partial charge in [-0.15, -0.1) is 0 Å². The number of benzene rings is 2. The molecule has 0 aliphatic carbocycles. The minimum Gasteiger partial charge on any atom is -0.314 e. The standard InChI is InChI=1S/C25H17N5/c1-30(20-12-10-18-8-6-16-4-2-14-26-22(16)24(18)28-20)21-13-11-19-9-7-17-5-3-15-27-23(17)25(19)29-21/h2-15H,1H3. The Morgan fingerprint density at radius 2 is 0.900 bits per heavy atom. The van der Waals surface area contributed by atoms with Crippen molar-refractivity contribution >= 4 is 55.2 Å². The maximum Gasteiger partial charge on any atom is 0.134 e. The van der Waals surface area contributed by atoms with Crippen LogP contribution in [0.25, 0.3) is 43.6 Å². The molecule has 5 heteroatoms. The fourth-order valence-corrected chi connectivity index (χ4v) is 3.92. The Morgan fingerprint density at radius 3 is 1.37 bits per heavy atom. The quantitative estimate of drug-likeness (QED) is 0.360. The Balaban J connectivity index is 1.52. The molecule has 0 amide bonds. The topological polar surface area (TPSA) is 54.8 Å². The normalized spacial score (nSPS) is 11.5. The first-order valence-electron chi connectivity index (χ1n) is 9.81. The molecule has 0 bridgehead atoms. The molecule has 0 saturated heterocycles. The molecule has 0 saturated carbocycles. The summed E-state index contributed by atoms with van der Waals surface area (Å²) in [6.07, 6.45) is 3.62. The number of nitrogens with zero attached hydrogens (tertiary/aromatic N) is 5.